The van der Waals surface area contributed by atoms with Crippen LogP contribution in [0.3, 0.4) is 0 Å². The molecule has 1 aliphatic carbocycles. The van der Waals surface area contributed by atoms with Crippen LogP contribution in [-0.4, -0.2) is 23.4 Å². The van der Waals surface area contributed by atoms with Crippen molar-refractivity contribution in [1.82, 2.24) is 0 Å². The summed E-state index contributed by atoms with van der Waals surface area (Å²) in [6, 6.07) is 0. The van der Waals surface area contributed by atoms with Crippen molar-refractivity contribution in [3.8, 4) is 0 Å². The van der Waals surface area contributed by atoms with E-state index in [9.17, 15) is 0 Å². The minimum Gasteiger partial charge on any atom is -0.396 e. The molecule has 66 valence electrons. The molecular formula is C9H18O2. The van der Waals surface area contributed by atoms with Gasteiger partial charge in [0.1, 0.15) is 0 Å². The molecular weight excluding hydrogens is 140 g/mol. The quantitative estimate of drug-likeness (QED) is 0.630. The molecule has 2 nitrogen and oxygen atoms in total. The Balaban J connectivity index is 2.41. The average molecular weight is 158 g/mol. The predicted octanol–water partition coefficient (Wildman–Crippen LogP) is 1.02. The smallest absolute Gasteiger partial charge is 0.0462 e. The zero-order valence-corrected chi connectivity index (χ0v) is 7.16. The van der Waals surface area contributed by atoms with Crippen molar-refractivity contribution < 1.29 is 10.2 Å². The molecule has 1 fully saturated rings. The molecule has 0 unspecified atom stereocenters. The van der Waals surface area contributed by atoms with Crippen molar-refractivity contribution in [2.75, 3.05) is 13.2 Å². The lowest BCUT2D eigenvalue weighted by Gasteiger charge is -2.32. The highest BCUT2D eigenvalue weighted by atomic mass is 16.3. The average Bonchev–Trinajstić information content (AvgIpc) is 2.04. The van der Waals surface area contributed by atoms with Gasteiger partial charge in [-0.3, -0.25) is 0 Å². The molecule has 3 atom stereocenters. The molecule has 1 aliphatic rings. The third-order valence-corrected chi connectivity index (χ3v) is 2.87. The van der Waals surface area contributed by atoms with Crippen LogP contribution in [-0.2, 0) is 0 Å². The van der Waals surface area contributed by atoms with Crippen LogP contribution >= 0.6 is 0 Å². The molecule has 0 aromatic carbocycles. The van der Waals surface area contributed by atoms with Gasteiger partial charge in [-0.15, -0.1) is 0 Å². The van der Waals surface area contributed by atoms with Crippen molar-refractivity contribution in [3.63, 3.8) is 0 Å². The van der Waals surface area contributed by atoms with Crippen molar-refractivity contribution >= 4 is 0 Å². The second kappa shape index (κ2) is 4.07. The van der Waals surface area contributed by atoms with Gasteiger partial charge in [0, 0.05) is 13.2 Å². The van der Waals surface area contributed by atoms with E-state index in [0.29, 0.717) is 11.8 Å². The minimum absolute atomic E-state index is 0.246. The van der Waals surface area contributed by atoms with E-state index in [1.54, 1.807) is 0 Å². The van der Waals surface area contributed by atoms with Gasteiger partial charge in [0.25, 0.3) is 0 Å². The second-order valence-corrected chi connectivity index (χ2v) is 3.80. The summed E-state index contributed by atoms with van der Waals surface area (Å²) >= 11 is 0. The van der Waals surface area contributed by atoms with Crippen LogP contribution < -0.4 is 0 Å². The molecule has 1 saturated carbocycles. The second-order valence-electron chi connectivity index (χ2n) is 3.80. The molecule has 0 spiro atoms. The standard InChI is InChI=1S/C9H18O2/c1-7-2-3-8(5-10)9(4-7)6-11/h7-11H,2-6H2,1H3/t7-,8+,9+/m1/s1. The van der Waals surface area contributed by atoms with Crippen LogP contribution in [0.1, 0.15) is 26.2 Å². The van der Waals surface area contributed by atoms with Gasteiger partial charge in [-0.2, -0.15) is 0 Å². The maximum Gasteiger partial charge on any atom is 0.0462 e. The minimum atomic E-state index is 0.246. The monoisotopic (exact) mass is 158 g/mol. The first-order valence-corrected chi connectivity index (χ1v) is 4.49. The zero-order valence-electron chi connectivity index (χ0n) is 7.16. The molecule has 0 amide bonds. The van der Waals surface area contributed by atoms with E-state index in [0.717, 1.165) is 18.8 Å². The normalized spacial score (nSPS) is 39.0. The summed E-state index contributed by atoms with van der Waals surface area (Å²) < 4.78 is 0. The third kappa shape index (κ3) is 2.17. The summed E-state index contributed by atoms with van der Waals surface area (Å²) in [6.07, 6.45) is 3.38. The van der Waals surface area contributed by atoms with Gasteiger partial charge in [-0.1, -0.05) is 13.3 Å². The molecule has 0 aliphatic heterocycles. The van der Waals surface area contributed by atoms with Crippen LogP contribution in [0.15, 0.2) is 0 Å². The highest BCUT2D eigenvalue weighted by molar-refractivity contribution is 4.77. The number of aliphatic hydroxyl groups excluding tert-OH is 2. The predicted molar refractivity (Wildman–Crippen MR) is 44.2 cm³/mol. The van der Waals surface area contributed by atoms with Gasteiger partial charge >= 0.3 is 0 Å². The van der Waals surface area contributed by atoms with Crippen LogP contribution in [0.2, 0.25) is 0 Å². The lowest BCUT2D eigenvalue weighted by molar-refractivity contribution is 0.0686. The Morgan fingerprint density at radius 3 is 2.27 bits per heavy atom. The van der Waals surface area contributed by atoms with E-state index >= 15 is 0 Å². The summed E-state index contributed by atoms with van der Waals surface area (Å²) in [6.45, 7) is 2.71. The summed E-state index contributed by atoms with van der Waals surface area (Å²) in [7, 11) is 0. The van der Waals surface area contributed by atoms with Crippen LogP contribution in [0.25, 0.3) is 0 Å². The number of hydrogen-bond donors (Lipinski definition) is 2. The lowest BCUT2D eigenvalue weighted by Crippen LogP contribution is -2.28. The number of aliphatic hydroxyl groups is 2. The molecule has 0 aromatic rings. The fourth-order valence-corrected chi connectivity index (χ4v) is 2.03. The van der Waals surface area contributed by atoms with Crippen molar-refractivity contribution in [1.29, 1.82) is 0 Å². The van der Waals surface area contributed by atoms with E-state index in [1.165, 1.54) is 6.42 Å². The Labute approximate surface area is 68.2 Å². The Morgan fingerprint density at radius 2 is 1.73 bits per heavy atom. The fraction of sp³-hybridized carbons (Fsp3) is 1.00. The number of rotatable bonds is 2. The Morgan fingerprint density at radius 1 is 1.09 bits per heavy atom. The lowest BCUT2D eigenvalue weighted by atomic mass is 9.75. The third-order valence-electron chi connectivity index (χ3n) is 2.87. The van der Waals surface area contributed by atoms with Crippen LogP contribution in [0.4, 0.5) is 0 Å². The maximum absolute atomic E-state index is 9.00. The van der Waals surface area contributed by atoms with Gasteiger partial charge in [0.2, 0.25) is 0 Å². The van der Waals surface area contributed by atoms with E-state index in [-0.39, 0.29) is 13.2 Å². The summed E-state index contributed by atoms with van der Waals surface area (Å²) in [5, 5.41) is 18.0. The summed E-state index contributed by atoms with van der Waals surface area (Å²) in [5.41, 5.74) is 0. The SMILES string of the molecule is C[C@@H]1CC[C@@H](CO)[C@H](CO)C1. The summed E-state index contributed by atoms with van der Waals surface area (Å²) in [5.74, 6) is 1.44. The first-order chi connectivity index (χ1) is 5.27. The van der Waals surface area contributed by atoms with Gasteiger partial charge in [-0.25, -0.2) is 0 Å². The van der Waals surface area contributed by atoms with Crippen LogP contribution in [0.5, 0.6) is 0 Å². The highest BCUT2D eigenvalue weighted by Crippen LogP contribution is 2.32. The van der Waals surface area contributed by atoms with Crippen molar-refractivity contribution in [2.45, 2.75) is 26.2 Å². The molecule has 0 heterocycles. The molecule has 2 N–H and O–H groups in total. The molecule has 0 aromatic heterocycles. The topological polar surface area (TPSA) is 40.5 Å². The van der Waals surface area contributed by atoms with Crippen molar-refractivity contribution in [2.24, 2.45) is 17.8 Å². The van der Waals surface area contributed by atoms with Crippen molar-refractivity contribution in [3.05, 3.63) is 0 Å². The largest absolute Gasteiger partial charge is 0.396 e. The van der Waals surface area contributed by atoms with Gasteiger partial charge < -0.3 is 10.2 Å². The highest BCUT2D eigenvalue weighted by Gasteiger charge is 2.27. The zero-order chi connectivity index (χ0) is 8.27. The van der Waals surface area contributed by atoms with Gasteiger partial charge in [-0.05, 0) is 30.6 Å². The molecule has 2 heteroatoms. The molecule has 11 heavy (non-hydrogen) atoms. The first-order valence-electron chi connectivity index (χ1n) is 4.49. The molecule has 0 radical (unpaired) electrons. The Kier molecular flexibility index (Phi) is 3.34. The van der Waals surface area contributed by atoms with E-state index < -0.39 is 0 Å². The van der Waals surface area contributed by atoms with Gasteiger partial charge in [0.05, 0.1) is 0 Å². The van der Waals surface area contributed by atoms with E-state index in [2.05, 4.69) is 6.92 Å². The Hall–Kier alpha value is -0.0800. The maximum atomic E-state index is 9.00. The van der Waals surface area contributed by atoms with E-state index in [1.807, 2.05) is 0 Å². The fourth-order valence-electron chi connectivity index (χ4n) is 2.03. The molecule has 0 bridgehead atoms. The van der Waals surface area contributed by atoms with E-state index in [4.69, 9.17) is 10.2 Å². The first kappa shape index (κ1) is 9.01. The Bertz CT molecular complexity index is 114. The van der Waals surface area contributed by atoms with Gasteiger partial charge in [0.15, 0.2) is 0 Å². The number of hydrogen-bond acceptors (Lipinski definition) is 2. The molecule has 1 rings (SSSR count). The molecule has 0 saturated heterocycles. The summed E-state index contributed by atoms with van der Waals surface area (Å²) in [4.78, 5) is 0. The van der Waals surface area contributed by atoms with Crippen LogP contribution in [0, 0.1) is 17.8 Å².